The number of hydrogen-bond donors (Lipinski definition) is 2. The van der Waals surface area contributed by atoms with E-state index in [1.165, 1.54) is 18.7 Å². The van der Waals surface area contributed by atoms with Gasteiger partial charge in [-0.1, -0.05) is 24.3 Å². The first kappa shape index (κ1) is 18.3. The number of para-hydroxylation sites is 1. The number of rotatable bonds is 4. The molecule has 1 heterocycles. The molecule has 0 fully saturated rings. The Bertz CT molecular complexity index is 809. The molecule has 6 nitrogen and oxygen atoms in total. The van der Waals surface area contributed by atoms with Crippen LogP contribution in [0.4, 0.5) is 5.69 Å². The SMILES string of the molecule is CC(=O)O[C@@H]1C(=O)N(CCN)c2ccccc2S[C@H]1c1ccc(O)cc1. The van der Waals surface area contributed by atoms with Crippen molar-refractivity contribution in [3.63, 3.8) is 0 Å². The van der Waals surface area contributed by atoms with Crippen molar-refractivity contribution < 1.29 is 19.4 Å². The Labute approximate surface area is 155 Å². The maximum Gasteiger partial charge on any atom is 0.303 e. The molecule has 136 valence electrons. The van der Waals surface area contributed by atoms with E-state index in [0.29, 0.717) is 13.1 Å². The van der Waals surface area contributed by atoms with Gasteiger partial charge in [-0.15, -0.1) is 11.8 Å². The van der Waals surface area contributed by atoms with E-state index < -0.39 is 17.3 Å². The van der Waals surface area contributed by atoms with Gasteiger partial charge in [0.2, 0.25) is 0 Å². The molecule has 1 aliphatic heterocycles. The maximum absolute atomic E-state index is 13.2. The number of fused-ring (bicyclic) bond motifs is 1. The number of phenols is 1. The molecule has 0 saturated carbocycles. The van der Waals surface area contributed by atoms with Crippen LogP contribution in [0, 0.1) is 0 Å². The van der Waals surface area contributed by atoms with Gasteiger partial charge in [-0.05, 0) is 29.8 Å². The van der Waals surface area contributed by atoms with Crippen LogP contribution in [0.5, 0.6) is 5.75 Å². The zero-order chi connectivity index (χ0) is 18.7. The Hall–Kier alpha value is -2.51. The summed E-state index contributed by atoms with van der Waals surface area (Å²) in [6.07, 6.45) is -0.985. The van der Waals surface area contributed by atoms with Gasteiger partial charge in [0.1, 0.15) is 5.75 Å². The Morgan fingerprint density at radius 1 is 1.23 bits per heavy atom. The average Bonchev–Trinajstić information content (AvgIpc) is 2.73. The van der Waals surface area contributed by atoms with Crippen molar-refractivity contribution in [2.45, 2.75) is 23.2 Å². The van der Waals surface area contributed by atoms with Gasteiger partial charge in [-0.3, -0.25) is 9.59 Å². The highest BCUT2D eigenvalue weighted by atomic mass is 32.2. The molecule has 3 rings (SSSR count). The van der Waals surface area contributed by atoms with Crippen LogP contribution in [0.2, 0.25) is 0 Å². The number of ether oxygens (including phenoxy) is 1. The van der Waals surface area contributed by atoms with Gasteiger partial charge in [-0.25, -0.2) is 0 Å². The molecule has 2 aromatic carbocycles. The van der Waals surface area contributed by atoms with Crippen LogP contribution in [0.25, 0.3) is 0 Å². The standard InChI is InChI=1S/C19H20N2O4S/c1-12(22)25-17-18(13-6-8-14(23)9-7-13)26-16-5-3-2-4-15(16)21(11-10-20)19(17)24/h2-9,17-18,23H,10-11,20H2,1H3/t17-,18-/m0/s1. The highest BCUT2D eigenvalue weighted by molar-refractivity contribution is 7.99. The van der Waals surface area contributed by atoms with Crippen molar-refractivity contribution in [2.75, 3.05) is 18.0 Å². The molecule has 7 heteroatoms. The summed E-state index contributed by atoms with van der Waals surface area (Å²) in [5.41, 5.74) is 7.25. The molecule has 0 unspecified atom stereocenters. The quantitative estimate of drug-likeness (QED) is 0.801. The number of nitrogens with two attached hydrogens (primary N) is 1. The van der Waals surface area contributed by atoms with E-state index in [9.17, 15) is 14.7 Å². The van der Waals surface area contributed by atoms with Crippen molar-refractivity contribution in [2.24, 2.45) is 5.73 Å². The Kier molecular flexibility index (Phi) is 5.49. The Morgan fingerprint density at radius 3 is 2.58 bits per heavy atom. The zero-order valence-corrected chi connectivity index (χ0v) is 15.1. The smallest absolute Gasteiger partial charge is 0.303 e. The number of carbonyl (C=O) groups excluding carboxylic acids is 2. The van der Waals surface area contributed by atoms with E-state index >= 15 is 0 Å². The number of carbonyl (C=O) groups is 2. The Balaban J connectivity index is 2.11. The van der Waals surface area contributed by atoms with Gasteiger partial charge in [-0.2, -0.15) is 0 Å². The number of anilines is 1. The topological polar surface area (TPSA) is 92.9 Å². The second-order valence-electron chi connectivity index (χ2n) is 5.91. The van der Waals surface area contributed by atoms with Gasteiger partial charge >= 0.3 is 5.97 Å². The lowest BCUT2D eigenvalue weighted by molar-refractivity contribution is -0.152. The lowest BCUT2D eigenvalue weighted by Crippen LogP contribution is -2.44. The summed E-state index contributed by atoms with van der Waals surface area (Å²) >= 11 is 1.46. The number of benzene rings is 2. The summed E-state index contributed by atoms with van der Waals surface area (Å²) in [5, 5.41) is 9.13. The van der Waals surface area contributed by atoms with E-state index in [4.69, 9.17) is 10.5 Å². The molecule has 0 aliphatic carbocycles. The largest absolute Gasteiger partial charge is 0.508 e. The third-order valence-corrected chi connectivity index (χ3v) is 5.43. The van der Waals surface area contributed by atoms with Crippen molar-refractivity contribution in [3.8, 4) is 5.75 Å². The van der Waals surface area contributed by atoms with E-state index in [1.54, 1.807) is 29.2 Å². The normalized spacial score (nSPS) is 19.6. The molecule has 0 radical (unpaired) electrons. The van der Waals surface area contributed by atoms with Crippen LogP contribution in [0.15, 0.2) is 53.4 Å². The van der Waals surface area contributed by atoms with Gasteiger partial charge in [0, 0.05) is 24.9 Å². The third-order valence-electron chi connectivity index (χ3n) is 4.06. The van der Waals surface area contributed by atoms with E-state index in [0.717, 1.165) is 16.1 Å². The first-order chi connectivity index (χ1) is 12.5. The van der Waals surface area contributed by atoms with Crippen LogP contribution in [-0.2, 0) is 14.3 Å². The number of amides is 1. The van der Waals surface area contributed by atoms with Crippen LogP contribution in [0.3, 0.4) is 0 Å². The molecule has 1 aliphatic rings. The second-order valence-corrected chi connectivity index (χ2v) is 7.09. The zero-order valence-electron chi connectivity index (χ0n) is 14.3. The molecule has 2 aromatic rings. The highest BCUT2D eigenvalue weighted by Gasteiger charge is 2.40. The van der Waals surface area contributed by atoms with Crippen LogP contribution in [0.1, 0.15) is 17.7 Å². The maximum atomic E-state index is 13.2. The highest BCUT2D eigenvalue weighted by Crippen LogP contribution is 2.46. The number of hydrogen-bond acceptors (Lipinski definition) is 6. The fourth-order valence-electron chi connectivity index (χ4n) is 2.94. The lowest BCUT2D eigenvalue weighted by Gasteiger charge is -2.27. The summed E-state index contributed by atoms with van der Waals surface area (Å²) < 4.78 is 5.43. The fourth-order valence-corrected chi connectivity index (χ4v) is 4.26. The van der Waals surface area contributed by atoms with Crippen LogP contribution < -0.4 is 10.6 Å². The summed E-state index contributed by atoms with van der Waals surface area (Å²) in [7, 11) is 0. The minimum absolute atomic E-state index is 0.132. The number of phenolic OH excluding ortho intramolecular Hbond substituents is 1. The molecule has 2 atom stereocenters. The molecule has 0 aromatic heterocycles. The van der Waals surface area contributed by atoms with Gasteiger partial charge in [0.15, 0.2) is 6.10 Å². The monoisotopic (exact) mass is 372 g/mol. The Morgan fingerprint density at radius 2 is 1.92 bits per heavy atom. The van der Waals surface area contributed by atoms with Crippen molar-refractivity contribution in [3.05, 3.63) is 54.1 Å². The van der Waals surface area contributed by atoms with Crippen LogP contribution >= 0.6 is 11.8 Å². The molecule has 0 spiro atoms. The minimum atomic E-state index is -0.985. The molecule has 26 heavy (non-hydrogen) atoms. The molecular weight excluding hydrogens is 352 g/mol. The summed E-state index contributed by atoms with van der Waals surface area (Å²) in [4.78, 5) is 27.4. The molecule has 0 saturated heterocycles. The van der Waals surface area contributed by atoms with E-state index in [-0.39, 0.29) is 11.7 Å². The average molecular weight is 372 g/mol. The molecule has 0 bridgehead atoms. The first-order valence-electron chi connectivity index (χ1n) is 8.24. The van der Waals surface area contributed by atoms with Crippen molar-refractivity contribution in [1.82, 2.24) is 0 Å². The number of aromatic hydroxyl groups is 1. The lowest BCUT2D eigenvalue weighted by atomic mass is 10.1. The van der Waals surface area contributed by atoms with Crippen molar-refractivity contribution in [1.29, 1.82) is 0 Å². The molecule has 1 amide bonds. The van der Waals surface area contributed by atoms with Gasteiger partial charge in [0.05, 0.1) is 10.9 Å². The summed E-state index contributed by atoms with van der Waals surface area (Å²) in [6.45, 7) is 1.91. The van der Waals surface area contributed by atoms with Gasteiger partial charge < -0.3 is 20.5 Å². The van der Waals surface area contributed by atoms with E-state index in [2.05, 4.69) is 0 Å². The number of nitrogens with zero attached hydrogens (tertiary/aromatic N) is 1. The molecule has 3 N–H and O–H groups in total. The van der Waals surface area contributed by atoms with E-state index in [1.807, 2.05) is 24.3 Å². The predicted octanol–water partition coefficient (Wildman–Crippen LogP) is 2.46. The predicted molar refractivity (Wildman–Crippen MR) is 100 cm³/mol. The van der Waals surface area contributed by atoms with Crippen LogP contribution in [-0.4, -0.2) is 36.2 Å². The molecular formula is C19H20N2O4S. The minimum Gasteiger partial charge on any atom is -0.508 e. The van der Waals surface area contributed by atoms with Crippen molar-refractivity contribution >= 4 is 29.3 Å². The fraction of sp³-hybridized carbons (Fsp3) is 0.263. The number of thioether (sulfide) groups is 1. The summed E-state index contributed by atoms with van der Waals surface area (Å²) in [5.74, 6) is -0.694. The first-order valence-corrected chi connectivity index (χ1v) is 9.12. The second kappa shape index (κ2) is 7.80. The van der Waals surface area contributed by atoms with Gasteiger partial charge in [0.25, 0.3) is 5.91 Å². The summed E-state index contributed by atoms with van der Waals surface area (Å²) in [6, 6.07) is 14.1. The number of esters is 1. The third kappa shape index (κ3) is 3.68.